The summed E-state index contributed by atoms with van der Waals surface area (Å²) in [6.45, 7) is 11.6. The topological polar surface area (TPSA) is 60.9 Å². The zero-order chi connectivity index (χ0) is 24.5. The van der Waals surface area contributed by atoms with Crippen molar-refractivity contribution < 1.29 is 18.6 Å². The number of hydrogen-bond acceptors (Lipinski definition) is 4. The molecule has 0 bridgehead atoms. The monoisotopic (exact) mass is 486 g/mol. The van der Waals surface area contributed by atoms with Crippen molar-refractivity contribution in [2.45, 2.75) is 65.5 Å². The van der Waals surface area contributed by atoms with E-state index in [1.807, 2.05) is 12.2 Å². The van der Waals surface area contributed by atoms with Gasteiger partial charge in [0.05, 0.1) is 26.2 Å². The van der Waals surface area contributed by atoms with Crippen LogP contribution in [0.15, 0.2) is 33.1 Å². The van der Waals surface area contributed by atoms with E-state index in [0.29, 0.717) is 11.8 Å². The first kappa shape index (κ1) is 23.4. The Balaban J connectivity index is 1.19. The van der Waals surface area contributed by atoms with Crippen molar-refractivity contribution in [2.24, 2.45) is 0 Å². The minimum atomic E-state index is 0.583. The summed E-state index contributed by atoms with van der Waals surface area (Å²) in [6, 6.07) is 8.68. The largest absolute Gasteiger partial charge is 0.437 e. The normalized spacial score (nSPS) is 18.2. The molecule has 4 heterocycles. The Morgan fingerprint density at radius 1 is 0.639 bits per heavy atom. The van der Waals surface area contributed by atoms with Gasteiger partial charge in [-0.05, 0) is 87.8 Å². The molecular weight excluding hydrogens is 448 g/mol. The number of aromatic nitrogens is 2. The highest BCUT2D eigenvalue weighted by Gasteiger charge is 2.18. The lowest BCUT2D eigenvalue weighted by atomic mass is 10.1. The molecule has 4 aromatic rings. The lowest BCUT2D eigenvalue weighted by molar-refractivity contribution is -0.918. The number of fused-ring (bicyclic) bond motifs is 2. The Morgan fingerprint density at radius 2 is 1.06 bits per heavy atom. The van der Waals surface area contributed by atoms with Gasteiger partial charge in [0, 0.05) is 23.3 Å². The summed E-state index contributed by atoms with van der Waals surface area (Å²) in [5.41, 5.74) is 8.83. The molecule has 0 unspecified atom stereocenters. The Kier molecular flexibility index (Phi) is 6.63. The molecule has 0 aliphatic carbocycles. The van der Waals surface area contributed by atoms with Crippen molar-refractivity contribution in [1.29, 1.82) is 0 Å². The number of likely N-dealkylation sites (tertiary alicyclic amines) is 2. The molecule has 2 aromatic heterocycles. The third-order valence-corrected chi connectivity index (χ3v) is 8.10. The van der Waals surface area contributed by atoms with E-state index >= 15 is 0 Å². The number of oxazole rings is 2. The van der Waals surface area contributed by atoms with Crippen LogP contribution in [0.25, 0.3) is 34.4 Å². The summed E-state index contributed by atoms with van der Waals surface area (Å²) in [5, 5.41) is 0. The SMILES string of the molecule is Cc1cc2nc(/C=C/c3nc4cc(C)c(C[NH+]5CCCCC5)cc4o3)oc2cc1C[NH+]1CCCCC1. The van der Waals surface area contributed by atoms with Crippen LogP contribution in [0.1, 0.15) is 72.6 Å². The fourth-order valence-corrected chi connectivity index (χ4v) is 5.94. The van der Waals surface area contributed by atoms with Gasteiger partial charge in [-0.15, -0.1) is 0 Å². The van der Waals surface area contributed by atoms with Crippen LogP contribution < -0.4 is 9.80 Å². The number of aryl methyl sites for hydroxylation is 2. The first-order chi connectivity index (χ1) is 17.6. The molecular formula is C30H38N4O2+2. The van der Waals surface area contributed by atoms with Crippen LogP contribution in [0.3, 0.4) is 0 Å². The minimum Gasteiger partial charge on any atom is -0.437 e. The predicted molar refractivity (Wildman–Crippen MR) is 143 cm³/mol. The van der Waals surface area contributed by atoms with Crippen molar-refractivity contribution in [3.8, 4) is 0 Å². The van der Waals surface area contributed by atoms with Crippen molar-refractivity contribution in [3.05, 3.63) is 58.3 Å². The van der Waals surface area contributed by atoms with Gasteiger partial charge in [0.25, 0.3) is 0 Å². The third-order valence-electron chi connectivity index (χ3n) is 8.10. The number of rotatable bonds is 6. The second-order valence-corrected chi connectivity index (χ2v) is 10.9. The molecule has 0 amide bonds. The van der Waals surface area contributed by atoms with E-state index in [-0.39, 0.29) is 0 Å². The van der Waals surface area contributed by atoms with Gasteiger partial charge in [0.2, 0.25) is 11.8 Å². The molecule has 0 radical (unpaired) electrons. The summed E-state index contributed by atoms with van der Waals surface area (Å²) in [4.78, 5) is 12.7. The summed E-state index contributed by atoms with van der Waals surface area (Å²) in [6.07, 6.45) is 11.8. The second-order valence-electron chi connectivity index (χ2n) is 10.9. The molecule has 6 rings (SSSR count). The van der Waals surface area contributed by atoms with E-state index in [1.54, 1.807) is 9.80 Å². The maximum absolute atomic E-state index is 6.09. The minimum absolute atomic E-state index is 0.583. The molecule has 2 aromatic carbocycles. The first-order valence-electron chi connectivity index (χ1n) is 13.8. The van der Waals surface area contributed by atoms with E-state index < -0.39 is 0 Å². The van der Waals surface area contributed by atoms with Crippen molar-refractivity contribution in [2.75, 3.05) is 26.2 Å². The van der Waals surface area contributed by atoms with Crippen molar-refractivity contribution in [1.82, 2.24) is 9.97 Å². The number of hydrogen-bond donors (Lipinski definition) is 2. The van der Waals surface area contributed by atoms with Crippen LogP contribution in [0, 0.1) is 13.8 Å². The van der Waals surface area contributed by atoms with Gasteiger partial charge in [-0.2, -0.15) is 0 Å². The molecule has 188 valence electrons. The smallest absolute Gasteiger partial charge is 0.220 e. The Morgan fingerprint density at radius 3 is 1.47 bits per heavy atom. The molecule has 6 nitrogen and oxygen atoms in total. The lowest BCUT2D eigenvalue weighted by Crippen LogP contribution is -3.11. The first-order valence-corrected chi connectivity index (χ1v) is 13.8. The molecule has 2 N–H and O–H groups in total. The average molecular weight is 487 g/mol. The van der Waals surface area contributed by atoms with E-state index in [0.717, 1.165) is 35.3 Å². The standard InChI is InChI=1S/C30H36N4O2/c1-21-15-25-27(17-23(21)19-33-11-5-3-6-12-33)35-29(31-25)9-10-30-32-26-16-22(2)24(18-28(26)36-30)20-34-13-7-4-8-14-34/h9-10,15-18H,3-8,11-14,19-20H2,1-2H3/p+2/b10-9+. The molecule has 2 saturated heterocycles. The van der Waals surface area contributed by atoms with Gasteiger partial charge in [-0.3, -0.25) is 0 Å². The fourth-order valence-electron chi connectivity index (χ4n) is 5.94. The maximum atomic E-state index is 6.09. The summed E-state index contributed by atoms with van der Waals surface area (Å²) >= 11 is 0. The van der Waals surface area contributed by atoms with Gasteiger partial charge < -0.3 is 18.6 Å². The van der Waals surface area contributed by atoms with Crippen LogP contribution >= 0.6 is 0 Å². The molecule has 2 aliphatic rings. The molecule has 2 aliphatic heterocycles. The number of benzene rings is 2. The summed E-state index contributed by atoms with van der Waals surface area (Å²) < 4.78 is 12.2. The Hall–Kier alpha value is -2.96. The third kappa shape index (κ3) is 5.11. The zero-order valence-electron chi connectivity index (χ0n) is 21.7. The van der Waals surface area contributed by atoms with Gasteiger partial charge in [0.15, 0.2) is 11.2 Å². The average Bonchev–Trinajstić information content (AvgIpc) is 3.47. The highest BCUT2D eigenvalue weighted by atomic mass is 16.4. The van der Waals surface area contributed by atoms with Crippen LogP contribution in [0.4, 0.5) is 0 Å². The predicted octanol–water partition coefficient (Wildman–Crippen LogP) is 3.89. The van der Waals surface area contributed by atoms with E-state index in [4.69, 9.17) is 18.8 Å². The molecule has 6 heteroatoms. The molecule has 0 saturated carbocycles. The quantitative estimate of drug-likeness (QED) is 0.434. The number of piperidine rings is 2. The highest BCUT2D eigenvalue weighted by molar-refractivity contribution is 5.79. The van der Waals surface area contributed by atoms with Gasteiger partial charge in [0.1, 0.15) is 24.1 Å². The Bertz CT molecular complexity index is 1280. The number of nitrogens with one attached hydrogen (secondary N) is 2. The van der Waals surface area contributed by atoms with Crippen LogP contribution in [0.2, 0.25) is 0 Å². The Labute approximate surface area is 213 Å². The van der Waals surface area contributed by atoms with E-state index in [9.17, 15) is 0 Å². The maximum Gasteiger partial charge on any atom is 0.220 e. The second kappa shape index (κ2) is 10.2. The van der Waals surface area contributed by atoms with Gasteiger partial charge >= 0.3 is 0 Å². The fraction of sp³-hybridized carbons (Fsp3) is 0.467. The van der Waals surface area contributed by atoms with Crippen molar-refractivity contribution >= 4 is 34.4 Å². The number of quaternary nitrogens is 2. The highest BCUT2D eigenvalue weighted by Crippen LogP contribution is 2.24. The molecule has 0 spiro atoms. The number of nitrogens with zero attached hydrogens (tertiary/aromatic N) is 2. The lowest BCUT2D eigenvalue weighted by Gasteiger charge is -2.24. The summed E-state index contributed by atoms with van der Waals surface area (Å²) in [5.74, 6) is 1.17. The molecule has 2 fully saturated rings. The summed E-state index contributed by atoms with van der Waals surface area (Å²) in [7, 11) is 0. The van der Waals surface area contributed by atoms with E-state index in [1.165, 1.54) is 87.0 Å². The van der Waals surface area contributed by atoms with Crippen LogP contribution in [-0.4, -0.2) is 36.1 Å². The zero-order valence-corrected chi connectivity index (χ0v) is 21.7. The van der Waals surface area contributed by atoms with Gasteiger partial charge in [-0.25, -0.2) is 9.97 Å². The van der Waals surface area contributed by atoms with E-state index in [2.05, 4.69) is 38.1 Å². The van der Waals surface area contributed by atoms with Gasteiger partial charge in [-0.1, -0.05) is 0 Å². The van der Waals surface area contributed by atoms with Crippen molar-refractivity contribution in [3.63, 3.8) is 0 Å². The van der Waals surface area contributed by atoms with Crippen LogP contribution in [-0.2, 0) is 13.1 Å². The molecule has 0 atom stereocenters. The van der Waals surface area contributed by atoms with Crippen LogP contribution in [0.5, 0.6) is 0 Å². The molecule has 36 heavy (non-hydrogen) atoms.